The number of ether oxygens (including phenoxy) is 2. The normalized spacial score (nSPS) is 21.2. The molecule has 1 unspecified atom stereocenters. The lowest BCUT2D eigenvalue weighted by molar-refractivity contribution is -0.908. The van der Waals surface area contributed by atoms with Crippen LogP contribution in [0.15, 0.2) is 60.2 Å². The summed E-state index contributed by atoms with van der Waals surface area (Å²) < 4.78 is 10.6. The molecule has 2 saturated heterocycles. The van der Waals surface area contributed by atoms with E-state index in [1.165, 1.54) is 4.90 Å². The van der Waals surface area contributed by atoms with E-state index in [9.17, 15) is 14.7 Å². The summed E-state index contributed by atoms with van der Waals surface area (Å²) >= 11 is 0. The van der Waals surface area contributed by atoms with E-state index in [2.05, 4.69) is 0 Å². The summed E-state index contributed by atoms with van der Waals surface area (Å²) in [6.45, 7) is 4.68. The number of ketones is 1. The Morgan fingerprint density at radius 3 is 2.44 bits per heavy atom. The molecule has 2 aromatic carbocycles. The number of Topliss-reactive ketones (excluding diaryl/α,β-unsaturated/α-hetero) is 1. The standard InChI is InChI=1S/C25H28N2O5/c1-31-20-10-8-18(9-11-20)22-21(23(28)19-6-3-2-4-7-19)24(29)25(30)27(22)13-5-12-26-14-16-32-17-15-26/h2-4,6-11,22,28H,5,12-17H2,1H3. The van der Waals surface area contributed by atoms with E-state index in [0.717, 1.165) is 44.8 Å². The van der Waals surface area contributed by atoms with Crippen molar-refractivity contribution in [3.05, 3.63) is 71.3 Å². The molecule has 7 heteroatoms. The van der Waals surface area contributed by atoms with Gasteiger partial charge in [-0.3, -0.25) is 9.59 Å². The van der Waals surface area contributed by atoms with Crippen molar-refractivity contribution >= 4 is 17.4 Å². The second-order valence-corrected chi connectivity index (χ2v) is 8.08. The first-order valence-electron chi connectivity index (χ1n) is 11.0. The number of hydrogen-bond donors (Lipinski definition) is 1. The zero-order valence-electron chi connectivity index (χ0n) is 18.2. The summed E-state index contributed by atoms with van der Waals surface area (Å²) in [7, 11) is 1.58. The molecule has 168 valence electrons. The Labute approximate surface area is 187 Å². The van der Waals surface area contributed by atoms with Crippen LogP contribution in [0.1, 0.15) is 23.6 Å². The quantitative estimate of drug-likeness (QED) is 0.382. The van der Waals surface area contributed by atoms with Crippen LogP contribution in [-0.2, 0) is 14.3 Å². The molecule has 0 bridgehead atoms. The number of quaternary nitrogens is 1. The summed E-state index contributed by atoms with van der Waals surface area (Å²) in [6, 6.07) is 15.1. The van der Waals surface area contributed by atoms with Crippen LogP contribution in [0.5, 0.6) is 5.75 Å². The fraction of sp³-hybridized carbons (Fsp3) is 0.360. The Hall–Kier alpha value is -3.16. The summed E-state index contributed by atoms with van der Waals surface area (Å²) in [5.74, 6) is -1.05. The van der Waals surface area contributed by atoms with Gasteiger partial charge in [-0.1, -0.05) is 48.2 Å². The number of hydrogen-bond acceptors (Lipinski definition) is 5. The van der Waals surface area contributed by atoms with E-state index in [0.29, 0.717) is 17.9 Å². The van der Waals surface area contributed by atoms with Gasteiger partial charge >= 0.3 is 0 Å². The average Bonchev–Trinajstić information content (AvgIpc) is 3.10. The molecule has 1 amide bonds. The van der Waals surface area contributed by atoms with Crippen LogP contribution < -0.4 is 14.7 Å². The van der Waals surface area contributed by atoms with Gasteiger partial charge in [0.15, 0.2) is 0 Å². The summed E-state index contributed by atoms with van der Waals surface area (Å²) in [4.78, 5) is 29.0. The maximum absolute atomic E-state index is 13.3. The van der Waals surface area contributed by atoms with Gasteiger partial charge in [-0.25, -0.2) is 0 Å². The largest absolute Gasteiger partial charge is 0.872 e. The van der Waals surface area contributed by atoms with Crippen molar-refractivity contribution in [2.45, 2.75) is 12.5 Å². The number of rotatable bonds is 7. The van der Waals surface area contributed by atoms with Gasteiger partial charge in [0.25, 0.3) is 5.91 Å². The maximum Gasteiger partial charge on any atom is 0.295 e. The molecule has 4 rings (SSSR count). The van der Waals surface area contributed by atoms with E-state index >= 15 is 0 Å². The molecule has 2 aliphatic rings. The number of carbonyl (C=O) groups is 2. The number of likely N-dealkylation sites (tertiary alicyclic amines) is 1. The van der Waals surface area contributed by atoms with Gasteiger partial charge < -0.3 is 24.4 Å². The van der Waals surface area contributed by atoms with Crippen LogP contribution >= 0.6 is 0 Å². The lowest BCUT2D eigenvalue weighted by Crippen LogP contribution is -3.14. The number of methoxy groups -OCH3 is 1. The Morgan fingerprint density at radius 2 is 1.78 bits per heavy atom. The topological polar surface area (TPSA) is 83.3 Å². The van der Waals surface area contributed by atoms with Gasteiger partial charge in [-0.05, 0) is 23.3 Å². The van der Waals surface area contributed by atoms with Gasteiger partial charge in [0, 0.05) is 18.5 Å². The van der Waals surface area contributed by atoms with Crippen LogP contribution in [0.25, 0.3) is 5.76 Å². The van der Waals surface area contributed by atoms with E-state index < -0.39 is 23.5 Å². The zero-order valence-corrected chi connectivity index (χ0v) is 18.2. The van der Waals surface area contributed by atoms with Crippen molar-refractivity contribution in [2.75, 3.05) is 46.5 Å². The molecular weight excluding hydrogens is 408 g/mol. The zero-order chi connectivity index (χ0) is 22.5. The lowest BCUT2D eigenvalue weighted by Gasteiger charge is -2.29. The van der Waals surface area contributed by atoms with Crippen molar-refractivity contribution in [3.63, 3.8) is 0 Å². The number of morpholine rings is 1. The Kier molecular flexibility index (Phi) is 6.87. The lowest BCUT2D eigenvalue weighted by atomic mass is 9.95. The highest BCUT2D eigenvalue weighted by Gasteiger charge is 2.44. The number of nitrogens with zero attached hydrogens (tertiary/aromatic N) is 1. The molecule has 0 spiro atoms. The monoisotopic (exact) mass is 436 g/mol. The van der Waals surface area contributed by atoms with Crippen LogP contribution in [0.2, 0.25) is 0 Å². The second kappa shape index (κ2) is 9.97. The Morgan fingerprint density at radius 1 is 1.09 bits per heavy atom. The first-order chi connectivity index (χ1) is 15.6. The van der Waals surface area contributed by atoms with Crippen LogP contribution in [0, 0.1) is 0 Å². The van der Waals surface area contributed by atoms with Gasteiger partial charge in [-0.15, -0.1) is 0 Å². The minimum atomic E-state index is -0.710. The van der Waals surface area contributed by atoms with E-state index in [1.807, 2.05) is 18.2 Å². The summed E-state index contributed by atoms with van der Waals surface area (Å²) in [6.07, 6.45) is 0.744. The third-order valence-electron chi connectivity index (χ3n) is 6.13. The molecule has 0 aromatic heterocycles. The van der Waals surface area contributed by atoms with Gasteiger partial charge in [-0.2, -0.15) is 0 Å². The minimum absolute atomic E-state index is 0.0186. The first kappa shape index (κ1) is 22.0. The van der Waals surface area contributed by atoms with Crippen molar-refractivity contribution in [3.8, 4) is 5.75 Å². The highest BCUT2D eigenvalue weighted by molar-refractivity contribution is 6.46. The summed E-state index contributed by atoms with van der Waals surface area (Å²) in [5.41, 5.74) is 1.15. The molecule has 0 saturated carbocycles. The number of amides is 1. The van der Waals surface area contributed by atoms with Crippen molar-refractivity contribution < 1.29 is 29.1 Å². The molecule has 2 fully saturated rings. The van der Waals surface area contributed by atoms with Crippen LogP contribution in [0.4, 0.5) is 0 Å². The highest BCUT2D eigenvalue weighted by Crippen LogP contribution is 2.39. The smallest absolute Gasteiger partial charge is 0.295 e. The molecule has 2 aliphatic heterocycles. The number of benzene rings is 2. The van der Waals surface area contributed by atoms with Crippen LogP contribution in [-0.4, -0.2) is 63.1 Å². The van der Waals surface area contributed by atoms with Crippen molar-refractivity contribution in [1.82, 2.24) is 4.90 Å². The third-order valence-corrected chi connectivity index (χ3v) is 6.13. The SMILES string of the molecule is COc1ccc(C2C(=C([O-])c3ccccc3)C(=O)C(=O)N2CCC[NH+]2CCOCC2)cc1. The molecule has 0 aliphatic carbocycles. The van der Waals surface area contributed by atoms with Crippen molar-refractivity contribution in [1.29, 1.82) is 0 Å². The Balaban J connectivity index is 1.65. The van der Waals surface area contributed by atoms with Gasteiger partial charge in [0.2, 0.25) is 5.78 Å². The van der Waals surface area contributed by atoms with Gasteiger partial charge in [0.05, 0.1) is 32.9 Å². The Bertz CT molecular complexity index is 981. The molecule has 2 heterocycles. The second-order valence-electron chi connectivity index (χ2n) is 8.08. The van der Waals surface area contributed by atoms with E-state index in [-0.39, 0.29) is 5.57 Å². The van der Waals surface area contributed by atoms with E-state index in [1.54, 1.807) is 48.4 Å². The molecule has 0 radical (unpaired) electrons. The molecule has 1 atom stereocenters. The van der Waals surface area contributed by atoms with E-state index in [4.69, 9.17) is 9.47 Å². The summed E-state index contributed by atoms with van der Waals surface area (Å²) in [5, 5.41) is 13.3. The fourth-order valence-electron chi connectivity index (χ4n) is 4.39. The molecule has 32 heavy (non-hydrogen) atoms. The molecule has 2 aromatic rings. The van der Waals surface area contributed by atoms with Crippen LogP contribution in [0.3, 0.4) is 0 Å². The fourth-order valence-corrected chi connectivity index (χ4v) is 4.39. The molecule has 1 N–H and O–H groups in total. The predicted octanol–water partition coefficient (Wildman–Crippen LogP) is 0.224. The number of nitrogens with one attached hydrogen (secondary N) is 1. The number of carbonyl (C=O) groups excluding carboxylic acids is 2. The molecular formula is C25H28N2O5. The minimum Gasteiger partial charge on any atom is -0.872 e. The third kappa shape index (κ3) is 4.54. The van der Waals surface area contributed by atoms with Crippen molar-refractivity contribution in [2.24, 2.45) is 0 Å². The average molecular weight is 437 g/mol. The highest BCUT2D eigenvalue weighted by atomic mass is 16.5. The maximum atomic E-state index is 13.3. The first-order valence-corrected chi connectivity index (χ1v) is 11.0. The van der Waals surface area contributed by atoms with Gasteiger partial charge in [0.1, 0.15) is 18.8 Å². The molecule has 7 nitrogen and oxygen atoms in total. The predicted molar refractivity (Wildman–Crippen MR) is 117 cm³/mol.